The van der Waals surface area contributed by atoms with E-state index in [0.29, 0.717) is 6.29 Å². The quantitative estimate of drug-likeness (QED) is 0.399. The molecule has 0 heterocycles. The van der Waals surface area contributed by atoms with Gasteiger partial charge in [-0.25, -0.2) is 0 Å². The van der Waals surface area contributed by atoms with Crippen molar-refractivity contribution in [2.24, 2.45) is 0 Å². The van der Waals surface area contributed by atoms with Crippen molar-refractivity contribution in [1.29, 1.82) is 0 Å². The highest BCUT2D eigenvalue weighted by atomic mass is 16.6. The van der Waals surface area contributed by atoms with Crippen molar-refractivity contribution in [3.8, 4) is 0 Å². The lowest BCUT2D eigenvalue weighted by Gasteiger charge is -2.18. The number of carbonyl (C=O) groups is 1. The van der Waals surface area contributed by atoms with Gasteiger partial charge in [-0.2, -0.15) is 0 Å². The molecule has 0 aromatic carbocycles. The van der Waals surface area contributed by atoms with Gasteiger partial charge in [0.05, 0.1) is 13.2 Å². The fourth-order valence-corrected chi connectivity index (χ4v) is 0.442. The Hall–Kier alpha value is -0.450. The fraction of sp³-hybridized carbons (Fsp3) is 0.833. The highest BCUT2D eigenvalue weighted by Gasteiger charge is 2.23. The van der Waals surface area contributed by atoms with Gasteiger partial charge in [-0.05, 0) is 0 Å². The smallest absolute Gasteiger partial charge is 0.223 e. The van der Waals surface area contributed by atoms with Crippen LogP contribution in [0.5, 0.6) is 0 Å². The Morgan fingerprint density at radius 1 is 1.70 bits per heavy atom. The van der Waals surface area contributed by atoms with Gasteiger partial charge in [0, 0.05) is 6.42 Å². The third kappa shape index (κ3) is 2.91. The van der Waals surface area contributed by atoms with Gasteiger partial charge in [-0.15, -0.1) is 0 Å². The first kappa shape index (κ1) is 9.55. The summed E-state index contributed by atoms with van der Waals surface area (Å²) in [7, 11) is 0. The lowest BCUT2D eigenvalue weighted by molar-refractivity contribution is -0.197. The molecule has 0 rings (SSSR count). The molecule has 1 atom stereocenters. The van der Waals surface area contributed by atoms with E-state index >= 15 is 0 Å². The monoisotopic (exact) mass is 148 g/mol. The van der Waals surface area contributed by atoms with Crippen molar-refractivity contribution >= 4 is 6.29 Å². The van der Waals surface area contributed by atoms with Crippen LogP contribution in [0.15, 0.2) is 0 Å². The van der Waals surface area contributed by atoms with Gasteiger partial charge in [0.25, 0.3) is 0 Å². The molecule has 4 heteroatoms. The maximum Gasteiger partial charge on any atom is 0.223 e. The van der Waals surface area contributed by atoms with Gasteiger partial charge in [0.15, 0.2) is 6.29 Å². The van der Waals surface area contributed by atoms with Crippen molar-refractivity contribution in [2.45, 2.75) is 19.1 Å². The first-order valence-corrected chi connectivity index (χ1v) is 3.12. The second-order valence-corrected chi connectivity index (χ2v) is 1.89. The number of hydrogen-bond donors (Lipinski definition) is 2. The Balaban J connectivity index is 3.68. The summed E-state index contributed by atoms with van der Waals surface area (Å²) in [5, 5.41) is 17.3. The van der Waals surface area contributed by atoms with Crippen LogP contribution in [-0.2, 0) is 9.53 Å². The van der Waals surface area contributed by atoms with Crippen LogP contribution in [0.25, 0.3) is 0 Å². The molecule has 10 heavy (non-hydrogen) atoms. The van der Waals surface area contributed by atoms with Crippen molar-refractivity contribution in [3.63, 3.8) is 0 Å². The van der Waals surface area contributed by atoms with Crippen LogP contribution in [0.3, 0.4) is 0 Å². The molecule has 0 aromatic rings. The van der Waals surface area contributed by atoms with Gasteiger partial charge in [0.1, 0.15) is 0 Å². The standard InChI is InChI=1S/C6H12O4/c1-2-6(9,5-8)10-4-3-7/h5,7,9H,2-4H2,1H3. The lowest BCUT2D eigenvalue weighted by Crippen LogP contribution is -2.34. The Bertz CT molecular complexity index is 104. The molecule has 0 amide bonds. The molecule has 2 N–H and O–H groups in total. The number of aliphatic hydroxyl groups is 2. The maximum absolute atomic E-state index is 10.1. The van der Waals surface area contributed by atoms with Crippen LogP contribution in [0.4, 0.5) is 0 Å². The molecule has 0 fully saturated rings. The average molecular weight is 148 g/mol. The van der Waals surface area contributed by atoms with E-state index in [1.165, 1.54) is 0 Å². The van der Waals surface area contributed by atoms with Crippen LogP contribution >= 0.6 is 0 Å². The van der Waals surface area contributed by atoms with Gasteiger partial charge in [-0.1, -0.05) is 6.92 Å². The normalized spacial score (nSPS) is 16.3. The summed E-state index contributed by atoms with van der Waals surface area (Å²) in [5.41, 5.74) is 0. The summed E-state index contributed by atoms with van der Waals surface area (Å²) >= 11 is 0. The van der Waals surface area contributed by atoms with E-state index in [1.807, 2.05) is 0 Å². The van der Waals surface area contributed by atoms with Gasteiger partial charge >= 0.3 is 0 Å². The van der Waals surface area contributed by atoms with E-state index in [9.17, 15) is 4.79 Å². The predicted octanol–water partition coefficient (Wildman–Crippen LogP) is -0.707. The second-order valence-electron chi connectivity index (χ2n) is 1.89. The van der Waals surface area contributed by atoms with Crippen LogP contribution in [0, 0.1) is 0 Å². The Morgan fingerprint density at radius 2 is 2.30 bits per heavy atom. The molecule has 0 aliphatic carbocycles. The minimum Gasteiger partial charge on any atom is -0.394 e. The first-order valence-electron chi connectivity index (χ1n) is 3.12. The lowest BCUT2D eigenvalue weighted by atomic mass is 10.2. The molecule has 1 unspecified atom stereocenters. The van der Waals surface area contributed by atoms with Crippen molar-refractivity contribution in [3.05, 3.63) is 0 Å². The summed E-state index contributed by atoms with van der Waals surface area (Å²) < 4.78 is 4.61. The van der Waals surface area contributed by atoms with E-state index in [1.54, 1.807) is 6.92 Å². The molecule has 0 radical (unpaired) electrons. The minimum atomic E-state index is -1.71. The number of hydrogen-bond acceptors (Lipinski definition) is 4. The number of ether oxygens (including phenoxy) is 1. The molecule has 0 spiro atoms. The zero-order chi connectivity index (χ0) is 8.04. The topological polar surface area (TPSA) is 66.8 Å². The van der Waals surface area contributed by atoms with E-state index in [4.69, 9.17) is 10.2 Å². The molecule has 0 bridgehead atoms. The molecule has 4 nitrogen and oxygen atoms in total. The minimum absolute atomic E-state index is 0.0247. The van der Waals surface area contributed by atoms with Gasteiger partial charge in [-0.3, -0.25) is 4.79 Å². The molecule has 0 aliphatic heterocycles. The fourth-order valence-electron chi connectivity index (χ4n) is 0.442. The third-order valence-electron chi connectivity index (χ3n) is 1.13. The average Bonchev–Trinajstić information content (AvgIpc) is 2.00. The van der Waals surface area contributed by atoms with Crippen molar-refractivity contribution < 1.29 is 19.7 Å². The van der Waals surface area contributed by atoms with E-state index in [0.717, 1.165) is 0 Å². The summed E-state index contributed by atoms with van der Waals surface area (Å²) in [6.07, 6.45) is 0.513. The van der Waals surface area contributed by atoms with E-state index in [2.05, 4.69) is 4.74 Å². The summed E-state index contributed by atoms with van der Waals surface area (Å²) in [6, 6.07) is 0. The van der Waals surface area contributed by atoms with E-state index < -0.39 is 5.79 Å². The molecule has 60 valence electrons. The van der Waals surface area contributed by atoms with Crippen LogP contribution in [-0.4, -0.2) is 35.5 Å². The summed E-state index contributed by atoms with van der Waals surface area (Å²) in [6.45, 7) is 1.39. The van der Waals surface area contributed by atoms with Gasteiger partial charge < -0.3 is 14.9 Å². The molecule has 0 aromatic heterocycles. The number of aliphatic hydroxyl groups excluding tert-OH is 1. The number of rotatable bonds is 5. The second kappa shape index (κ2) is 4.38. The van der Waals surface area contributed by atoms with Crippen LogP contribution in [0.1, 0.15) is 13.3 Å². The van der Waals surface area contributed by atoms with Crippen molar-refractivity contribution in [2.75, 3.05) is 13.2 Å². The predicted molar refractivity (Wildman–Crippen MR) is 34.3 cm³/mol. The van der Waals surface area contributed by atoms with Crippen molar-refractivity contribution in [1.82, 2.24) is 0 Å². The Labute approximate surface area is 59.4 Å². The zero-order valence-corrected chi connectivity index (χ0v) is 5.91. The highest BCUT2D eigenvalue weighted by molar-refractivity contribution is 5.59. The molecule has 0 saturated heterocycles. The third-order valence-corrected chi connectivity index (χ3v) is 1.13. The Morgan fingerprint density at radius 3 is 2.60 bits per heavy atom. The molecular formula is C6H12O4. The first-order chi connectivity index (χ1) is 4.68. The molecule has 0 aliphatic rings. The van der Waals surface area contributed by atoms with Crippen LogP contribution < -0.4 is 0 Å². The van der Waals surface area contributed by atoms with Crippen LogP contribution in [0.2, 0.25) is 0 Å². The number of aldehydes is 1. The maximum atomic E-state index is 10.1. The van der Waals surface area contributed by atoms with Gasteiger partial charge in [0.2, 0.25) is 5.79 Å². The summed E-state index contributed by atoms with van der Waals surface area (Å²) in [5.74, 6) is -1.71. The Kier molecular flexibility index (Phi) is 4.18. The zero-order valence-electron chi connectivity index (χ0n) is 5.91. The SMILES string of the molecule is CCC(O)(C=O)OCCO. The summed E-state index contributed by atoms with van der Waals surface area (Å²) in [4.78, 5) is 10.1. The molecular weight excluding hydrogens is 136 g/mol. The number of carbonyl (C=O) groups excluding carboxylic acids is 1. The largest absolute Gasteiger partial charge is 0.394 e. The highest BCUT2D eigenvalue weighted by Crippen LogP contribution is 2.06. The molecule has 0 saturated carbocycles. The van der Waals surface area contributed by atoms with E-state index in [-0.39, 0.29) is 19.6 Å².